The molecule has 1 saturated carbocycles. The molecule has 1 fully saturated rings. The Morgan fingerprint density at radius 2 is 2.20 bits per heavy atom. The first-order valence-electron chi connectivity index (χ1n) is 7.46. The highest BCUT2D eigenvalue weighted by Crippen LogP contribution is 2.23. The van der Waals surface area contributed by atoms with Crippen LogP contribution in [0.25, 0.3) is 11.0 Å². The van der Waals surface area contributed by atoms with Crippen molar-refractivity contribution >= 4 is 16.9 Å². The molecule has 0 radical (unpaired) electrons. The molecule has 3 rings (SSSR count). The minimum Gasteiger partial charge on any atom is -0.349 e. The Labute approximate surface area is 119 Å². The lowest BCUT2D eigenvalue weighted by Crippen LogP contribution is -2.34. The summed E-state index contributed by atoms with van der Waals surface area (Å²) in [6.45, 7) is 2.30. The number of imidazole rings is 1. The van der Waals surface area contributed by atoms with Gasteiger partial charge in [0.2, 0.25) is 0 Å². The van der Waals surface area contributed by atoms with Gasteiger partial charge in [-0.25, -0.2) is 4.98 Å². The van der Waals surface area contributed by atoms with Crippen molar-refractivity contribution in [1.82, 2.24) is 15.3 Å². The van der Waals surface area contributed by atoms with Crippen LogP contribution in [0.2, 0.25) is 0 Å². The van der Waals surface area contributed by atoms with Gasteiger partial charge in [-0.15, -0.1) is 0 Å². The van der Waals surface area contributed by atoms with Gasteiger partial charge in [0, 0.05) is 11.6 Å². The molecule has 0 bridgehead atoms. The monoisotopic (exact) mass is 271 g/mol. The van der Waals surface area contributed by atoms with E-state index in [1.54, 1.807) is 6.33 Å². The molecule has 20 heavy (non-hydrogen) atoms. The van der Waals surface area contributed by atoms with Crippen LogP contribution in [0.15, 0.2) is 24.5 Å². The van der Waals surface area contributed by atoms with Crippen LogP contribution in [-0.2, 0) is 0 Å². The van der Waals surface area contributed by atoms with E-state index in [2.05, 4.69) is 22.2 Å². The number of fused-ring (bicyclic) bond motifs is 1. The van der Waals surface area contributed by atoms with Crippen molar-refractivity contribution in [2.45, 2.75) is 45.1 Å². The molecular weight excluding hydrogens is 250 g/mol. The minimum absolute atomic E-state index is 0.0288. The highest BCUT2D eigenvalue weighted by molar-refractivity contribution is 5.97. The molecule has 2 N–H and O–H groups in total. The van der Waals surface area contributed by atoms with E-state index in [0.717, 1.165) is 29.8 Å². The van der Waals surface area contributed by atoms with Crippen LogP contribution >= 0.6 is 0 Å². The number of carbonyl (C=O) groups is 1. The number of aromatic amines is 1. The lowest BCUT2D eigenvalue weighted by molar-refractivity contribution is 0.0933. The predicted octanol–water partition coefficient (Wildman–Crippen LogP) is 3.26. The van der Waals surface area contributed by atoms with Gasteiger partial charge in [-0.05, 0) is 43.4 Å². The van der Waals surface area contributed by atoms with Crippen LogP contribution in [0.1, 0.15) is 49.4 Å². The molecule has 2 aromatic rings. The number of H-pyrrole nitrogens is 1. The van der Waals surface area contributed by atoms with Crippen LogP contribution < -0.4 is 5.32 Å². The number of hydrogen-bond acceptors (Lipinski definition) is 2. The molecular formula is C16H21N3O. The zero-order valence-electron chi connectivity index (χ0n) is 11.9. The van der Waals surface area contributed by atoms with E-state index < -0.39 is 0 Å². The number of hydrogen-bond donors (Lipinski definition) is 2. The van der Waals surface area contributed by atoms with Crippen molar-refractivity contribution < 1.29 is 4.79 Å². The number of carbonyl (C=O) groups excluding carboxylic acids is 1. The fourth-order valence-electron chi connectivity index (χ4n) is 2.98. The average Bonchev–Trinajstić information content (AvgIpc) is 2.82. The Morgan fingerprint density at radius 3 is 3.10 bits per heavy atom. The zero-order chi connectivity index (χ0) is 13.9. The van der Waals surface area contributed by atoms with Crippen molar-refractivity contribution in [3.05, 3.63) is 30.1 Å². The van der Waals surface area contributed by atoms with Crippen molar-refractivity contribution in [3.8, 4) is 0 Å². The first-order chi connectivity index (χ1) is 9.72. The van der Waals surface area contributed by atoms with E-state index in [0.29, 0.717) is 11.6 Å². The summed E-state index contributed by atoms with van der Waals surface area (Å²) in [6.07, 6.45) is 7.56. The van der Waals surface area contributed by atoms with E-state index in [-0.39, 0.29) is 5.91 Å². The van der Waals surface area contributed by atoms with Crippen molar-refractivity contribution in [2.75, 3.05) is 0 Å². The van der Waals surface area contributed by atoms with E-state index in [1.165, 1.54) is 19.3 Å². The lowest BCUT2D eigenvalue weighted by Gasteiger charge is -2.16. The number of benzene rings is 1. The Balaban J connectivity index is 1.68. The lowest BCUT2D eigenvalue weighted by atomic mass is 10.0. The van der Waals surface area contributed by atoms with Gasteiger partial charge in [0.25, 0.3) is 5.91 Å². The molecule has 106 valence electrons. The van der Waals surface area contributed by atoms with Gasteiger partial charge in [-0.2, -0.15) is 0 Å². The molecule has 4 heteroatoms. The molecule has 2 atom stereocenters. The topological polar surface area (TPSA) is 57.8 Å². The minimum atomic E-state index is 0.0288. The quantitative estimate of drug-likeness (QED) is 0.824. The first-order valence-corrected chi connectivity index (χ1v) is 7.46. The largest absolute Gasteiger partial charge is 0.349 e. The van der Waals surface area contributed by atoms with E-state index >= 15 is 0 Å². The van der Waals surface area contributed by atoms with E-state index in [4.69, 9.17) is 0 Å². The van der Waals surface area contributed by atoms with Gasteiger partial charge >= 0.3 is 0 Å². The second-order valence-electron chi connectivity index (χ2n) is 5.92. The van der Waals surface area contributed by atoms with Crippen molar-refractivity contribution in [3.63, 3.8) is 0 Å². The third-order valence-electron chi connectivity index (χ3n) is 4.28. The number of nitrogens with one attached hydrogen (secondary N) is 2. The average molecular weight is 271 g/mol. The van der Waals surface area contributed by atoms with Gasteiger partial charge in [-0.3, -0.25) is 4.79 Å². The third-order valence-corrected chi connectivity index (χ3v) is 4.28. The highest BCUT2D eigenvalue weighted by atomic mass is 16.1. The van der Waals surface area contributed by atoms with Gasteiger partial charge in [-0.1, -0.05) is 19.8 Å². The highest BCUT2D eigenvalue weighted by Gasteiger charge is 2.18. The number of rotatable bonds is 2. The van der Waals surface area contributed by atoms with Gasteiger partial charge in [0.15, 0.2) is 0 Å². The summed E-state index contributed by atoms with van der Waals surface area (Å²) in [5.41, 5.74) is 2.51. The SMILES string of the molecule is CC1CCCC(NC(=O)c2ccc3nc[nH]c3c2)CC1. The molecule has 2 unspecified atom stereocenters. The van der Waals surface area contributed by atoms with E-state index in [1.807, 2.05) is 18.2 Å². The summed E-state index contributed by atoms with van der Waals surface area (Å²) in [4.78, 5) is 19.5. The summed E-state index contributed by atoms with van der Waals surface area (Å²) in [5.74, 6) is 0.819. The zero-order valence-corrected chi connectivity index (χ0v) is 11.9. The summed E-state index contributed by atoms with van der Waals surface area (Å²) in [6, 6.07) is 5.93. The summed E-state index contributed by atoms with van der Waals surface area (Å²) < 4.78 is 0. The smallest absolute Gasteiger partial charge is 0.251 e. The third kappa shape index (κ3) is 2.84. The van der Waals surface area contributed by atoms with Crippen LogP contribution in [0, 0.1) is 5.92 Å². The molecule has 1 aliphatic carbocycles. The Morgan fingerprint density at radius 1 is 1.30 bits per heavy atom. The number of amides is 1. The number of nitrogens with zero attached hydrogens (tertiary/aromatic N) is 1. The molecule has 1 amide bonds. The van der Waals surface area contributed by atoms with Crippen molar-refractivity contribution in [2.24, 2.45) is 5.92 Å². The van der Waals surface area contributed by atoms with Crippen LogP contribution in [0.3, 0.4) is 0 Å². The second kappa shape index (κ2) is 5.65. The molecule has 1 aromatic heterocycles. The summed E-state index contributed by atoms with van der Waals surface area (Å²) in [7, 11) is 0. The Bertz CT molecular complexity index is 605. The molecule has 0 spiro atoms. The second-order valence-corrected chi connectivity index (χ2v) is 5.92. The molecule has 0 saturated heterocycles. The maximum atomic E-state index is 12.3. The molecule has 1 aromatic carbocycles. The van der Waals surface area contributed by atoms with Gasteiger partial charge in [0.05, 0.1) is 17.4 Å². The standard InChI is InChI=1S/C16H21N3O/c1-11-3-2-4-13(7-5-11)19-16(20)12-6-8-14-15(9-12)18-10-17-14/h6,8-11,13H,2-5,7H2,1H3,(H,17,18)(H,19,20). The van der Waals surface area contributed by atoms with Crippen LogP contribution in [0.5, 0.6) is 0 Å². The van der Waals surface area contributed by atoms with Crippen LogP contribution in [-0.4, -0.2) is 21.9 Å². The molecule has 4 nitrogen and oxygen atoms in total. The maximum absolute atomic E-state index is 12.3. The first kappa shape index (κ1) is 13.2. The van der Waals surface area contributed by atoms with Crippen LogP contribution in [0.4, 0.5) is 0 Å². The summed E-state index contributed by atoms with van der Waals surface area (Å²) in [5, 5.41) is 3.18. The summed E-state index contributed by atoms with van der Waals surface area (Å²) >= 11 is 0. The predicted molar refractivity (Wildman–Crippen MR) is 79.6 cm³/mol. The van der Waals surface area contributed by atoms with Gasteiger partial charge in [0.1, 0.15) is 0 Å². The molecule has 1 aliphatic rings. The Hall–Kier alpha value is -1.84. The molecule has 0 aliphatic heterocycles. The molecule has 1 heterocycles. The Kier molecular flexibility index (Phi) is 3.72. The normalized spacial score (nSPS) is 23.4. The fourth-order valence-corrected chi connectivity index (χ4v) is 2.98. The maximum Gasteiger partial charge on any atom is 0.251 e. The van der Waals surface area contributed by atoms with Crippen molar-refractivity contribution in [1.29, 1.82) is 0 Å². The van der Waals surface area contributed by atoms with E-state index in [9.17, 15) is 4.79 Å². The number of aromatic nitrogens is 2. The fraction of sp³-hybridized carbons (Fsp3) is 0.500. The van der Waals surface area contributed by atoms with Gasteiger partial charge < -0.3 is 10.3 Å².